The third-order valence-corrected chi connectivity index (χ3v) is 6.43. The molecule has 5 rings (SSSR count). The van der Waals surface area contributed by atoms with Crippen LogP contribution in [0.4, 0.5) is 11.4 Å². The van der Waals surface area contributed by atoms with Gasteiger partial charge in [0.05, 0.1) is 5.56 Å². The summed E-state index contributed by atoms with van der Waals surface area (Å²) in [5.41, 5.74) is 12.2. The summed E-state index contributed by atoms with van der Waals surface area (Å²) in [7, 11) is 0. The molecule has 28 heavy (non-hydrogen) atoms. The second-order valence-electron chi connectivity index (χ2n) is 8.61. The standard InChI is InChI=1S/C23H26N4O/c1-13-12-25-8-9-27(13)15-5-7-16-18(11-15)23(2,3)22-20(21(16)28)17-6-4-14(24)10-19(17)26-22/h4-7,10-11,13,25-26H,8-9,12,24H2,1-3H3/t13-/m0/s1. The van der Waals surface area contributed by atoms with E-state index in [1.54, 1.807) is 0 Å². The minimum atomic E-state index is -0.292. The monoisotopic (exact) mass is 374 g/mol. The van der Waals surface area contributed by atoms with Gasteiger partial charge in [-0.2, -0.15) is 0 Å². The molecule has 144 valence electrons. The molecule has 4 N–H and O–H groups in total. The summed E-state index contributed by atoms with van der Waals surface area (Å²) in [5, 5.41) is 4.39. The molecule has 1 aliphatic heterocycles. The number of H-pyrrole nitrogens is 1. The molecule has 1 fully saturated rings. The minimum Gasteiger partial charge on any atom is -0.399 e. The van der Waals surface area contributed by atoms with E-state index >= 15 is 0 Å². The molecule has 0 spiro atoms. The van der Waals surface area contributed by atoms with Gasteiger partial charge in [-0.1, -0.05) is 19.9 Å². The van der Waals surface area contributed by atoms with Gasteiger partial charge in [0.15, 0.2) is 5.78 Å². The van der Waals surface area contributed by atoms with E-state index in [-0.39, 0.29) is 11.2 Å². The third-order valence-electron chi connectivity index (χ3n) is 6.43. The largest absolute Gasteiger partial charge is 0.399 e. The highest BCUT2D eigenvalue weighted by atomic mass is 16.1. The van der Waals surface area contributed by atoms with Crippen LogP contribution in [-0.2, 0) is 5.41 Å². The number of aromatic nitrogens is 1. The molecule has 3 aromatic rings. The highest BCUT2D eigenvalue weighted by Gasteiger charge is 2.40. The first-order valence-electron chi connectivity index (χ1n) is 9.96. The summed E-state index contributed by atoms with van der Waals surface area (Å²) in [6.45, 7) is 9.57. The summed E-state index contributed by atoms with van der Waals surface area (Å²) >= 11 is 0. The number of piperazine rings is 1. The Bertz CT molecular complexity index is 1110. The van der Waals surface area contributed by atoms with Crippen molar-refractivity contribution in [3.63, 3.8) is 0 Å². The number of ketones is 1. The zero-order valence-electron chi connectivity index (χ0n) is 16.6. The predicted molar refractivity (Wildman–Crippen MR) is 114 cm³/mol. The smallest absolute Gasteiger partial charge is 0.195 e. The van der Waals surface area contributed by atoms with Gasteiger partial charge in [0.1, 0.15) is 0 Å². The minimum absolute atomic E-state index is 0.0975. The SMILES string of the molecule is C[C@H]1CNCCN1c1ccc2c(c1)C(C)(C)c1[nH]c3cc(N)ccc3c1C2=O. The van der Waals surface area contributed by atoms with Crippen LogP contribution in [-0.4, -0.2) is 36.4 Å². The van der Waals surface area contributed by atoms with E-state index in [1.165, 1.54) is 5.69 Å². The Balaban J connectivity index is 1.69. The van der Waals surface area contributed by atoms with Gasteiger partial charge in [-0.3, -0.25) is 4.79 Å². The van der Waals surface area contributed by atoms with Crippen LogP contribution in [0.2, 0.25) is 0 Å². The summed E-state index contributed by atoms with van der Waals surface area (Å²) < 4.78 is 0. The van der Waals surface area contributed by atoms with Gasteiger partial charge in [-0.05, 0) is 42.8 Å². The van der Waals surface area contributed by atoms with Crippen LogP contribution in [0.5, 0.6) is 0 Å². The van der Waals surface area contributed by atoms with Crippen molar-refractivity contribution in [1.29, 1.82) is 0 Å². The number of nitrogens with zero attached hydrogens (tertiary/aromatic N) is 1. The lowest BCUT2D eigenvalue weighted by molar-refractivity contribution is 0.103. The molecule has 2 heterocycles. The number of carbonyl (C=O) groups excluding carboxylic acids is 1. The van der Waals surface area contributed by atoms with E-state index in [0.717, 1.165) is 52.9 Å². The Hall–Kier alpha value is -2.79. The lowest BCUT2D eigenvalue weighted by Gasteiger charge is -2.38. The Labute approximate surface area is 164 Å². The lowest BCUT2D eigenvalue weighted by atomic mass is 9.71. The van der Waals surface area contributed by atoms with E-state index in [9.17, 15) is 4.79 Å². The fourth-order valence-corrected chi connectivity index (χ4v) is 4.84. The molecule has 0 radical (unpaired) electrons. The van der Waals surface area contributed by atoms with Crippen molar-refractivity contribution in [3.8, 4) is 0 Å². The van der Waals surface area contributed by atoms with Crippen molar-refractivity contribution in [2.24, 2.45) is 0 Å². The van der Waals surface area contributed by atoms with E-state index in [0.29, 0.717) is 11.7 Å². The molecule has 0 amide bonds. The number of aromatic amines is 1. The Morgan fingerprint density at radius 3 is 2.79 bits per heavy atom. The van der Waals surface area contributed by atoms with E-state index in [2.05, 4.69) is 48.1 Å². The van der Waals surface area contributed by atoms with Crippen molar-refractivity contribution in [1.82, 2.24) is 10.3 Å². The Morgan fingerprint density at radius 1 is 1.18 bits per heavy atom. The van der Waals surface area contributed by atoms with Crippen molar-refractivity contribution in [2.75, 3.05) is 30.3 Å². The van der Waals surface area contributed by atoms with Crippen LogP contribution in [0.15, 0.2) is 36.4 Å². The highest BCUT2D eigenvalue weighted by Crippen LogP contribution is 2.45. The van der Waals surface area contributed by atoms with Gasteiger partial charge >= 0.3 is 0 Å². The number of hydrogen-bond donors (Lipinski definition) is 3. The average Bonchev–Trinajstić information content (AvgIpc) is 3.06. The van der Waals surface area contributed by atoms with Crippen molar-refractivity contribution >= 4 is 28.1 Å². The number of benzene rings is 2. The van der Waals surface area contributed by atoms with Gasteiger partial charge in [0, 0.05) is 64.6 Å². The van der Waals surface area contributed by atoms with Crippen LogP contribution in [0.3, 0.4) is 0 Å². The maximum Gasteiger partial charge on any atom is 0.195 e. The van der Waals surface area contributed by atoms with E-state index < -0.39 is 0 Å². The fraction of sp³-hybridized carbons (Fsp3) is 0.348. The Kier molecular flexibility index (Phi) is 3.62. The first-order chi connectivity index (χ1) is 13.4. The van der Waals surface area contributed by atoms with Gasteiger partial charge in [-0.15, -0.1) is 0 Å². The number of fused-ring (bicyclic) bond motifs is 4. The molecule has 1 saturated heterocycles. The summed E-state index contributed by atoms with van der Waals surface area (Å²) in [6.07, 6.45) is 0. The maximum absolute atomic E-state index is 13.4. The molecule has 1 atom stereocenters. The predicted octanol–water partition coefficient (Wildman–Crippen LogP) is 3.42. The van der Waals surface area contributed by atoms with Crippen LogP contribution >= 0.6 is 0 Å². The quantitative estimate of drug-likeness (QED) is 0.571. The van der Waals surface area contributed by atoms with Crippen molar-refractivity contribution in [3.05, 3.63) is 58.8 Å². The highest BCUT2D eigenvalue weighted by molar-refractivity contribution is 6.20. The van der Waals surface area contributed by atoms with E-state index in [1.807, 2.05) is 24.3 Å². The zero-order chi connectivity index (χ0) is 19.6. The molecule has 1 aliphatic carbocycles. The van der Waals surface area contributed by atoms with Gasteiger partial charge < -0.3 is 20.9 Å². The Morgan fingerprint density at radius 2 is 2.00 bits per heavy atom. The second-order valence-corrected chi connectivity index (χ2v) is 8.61. The molecule has 0 bridgehead atoms. The maximum atomic E-state index is 13.4. The van der Waals surface area contributed by atoms with E-state index in [4.69, 9.17) is 5.73 Å². The number of nitrogen functional groups attached to an aromatic ring is 1. The number of anilines is 2. The summed E-state index contributed by atoms with van der Waals surface area (Å²) in [6, 6.07) is 12.5. The molecule has 2 aromatic carbocycles. The summed E-state index contributed by atoms with van der Waals surface area (Å²) in [5.74, 6) is 0.0975. The number of hydrogen-bond acceptors (Lipinski definition) is 4. The van der Waals surface area contributed by atoms with Crippen LogP contribution in [0.1, 0.15) is 48.0 Å². The lowest BCUT2D eigenvalue weighted by Crippen LogP contribution is -2.50. The van der Waals surface area contributed by atoms with Crippen molar-refractivity contribution < 1.29 is 4.79 Å². The van der Waals surface area contributed by atoms with Crippen LogP contribution in [0, 0.1) is 0 Å². The molecule has 0 unspecified atom stereocenters. The average molecular weight is 374 g/mol. The molecular formula is C23H26N4O. The molecule has 0 saturated carbocycles. The number of rotatable bonds is 1. The summed E-state index contributed by atoms with van der Waals surface area (Å²) in [4.78, 5) is 19.4. The van der Waals surface area contributed by atoms with Crippen LogP contribution in [0.25, 0.3) is 10.9 Å². The fourth-order valence-electron chi connectivity index (χ4n) is 4.84. The van der Waals surface area contributed by atoms with Gasteiger partial charge in [-0.25, -0.2) is 0 Å². The van der Waals surface area contributed by atoms with Crippen molar-refractivity contribution in [2.45, 2.75) is 32.2 Å². The second kappa shape index (κ2) is 5.85. The zero-order valence-corrected chi connectivity index (χ0v) is 16.6. The van der Waals surface area contributed by atoms with Crippen LogP contribution < -0.4 is 16.0 Å². The normalized spacial score (nSPS) is 20.9. The molecular weight excluding hydrogens is 348 g/mol. The van der Waals surface area contributed by atoms with Gasteiger partial charge in [0.25, 0.3) is 0 Å². The molecule has 5 heteroatoms. The number of nitrogens with two attached hydrogens (primary N) is 1. The first kappa shape index (κ1) is 17.3. The number of carbonyl (C=O) groups is 1. The molecule has 2 aliphatic rings. The topological polar surface area (TPSA) is 74.2 Å². The number of nitrogens with one attached hydrogen (secondary N) is 2. The molecule has 1 aromatic heterocycles. The third kappa shape index (κ3) is 2.32. The molecule has 5 nitrogen and oxygen atoms in total. The first-order valence-corrected chi connectivity index (χ1v) is 9.96. The van der Waals surface area contributed by atoms with Gasteiger partial charge in [0.2, 0.25) is 0 Å².